The number of carbonyl (C=O) groups excluding carboxylic acids is 1. The molecule has 0 saturated heterocycles. The summed E-state index contributed by atoms with van der Waals surface area (Å²) >= 11 is 0. The Hall–Kier alpha value is -1.32. The van der Waals surface area contributed by atoms with E-state index >= 15 is 0 Å². The zero-order valence-electron chi connectivity index (χ0n) is 11.0. The number of aromatic nitrogens is 2. The van der Waals surface area contributed by atoms with Crippen LogP contribution in [-0.4, -0.2) is 22.2 Å². The van der Waals surface area contributed by atoms with Crippen molar-refractivity contribution in [2.24, 2.45) is 0 Å². The summed E-state index contributed by atoms with van der Waals surface area (Å²) in [6.45, 7) is 3.38. The first-order valence-electron chi connectivity index (χ1n) is 7.12. The minimum Gasteiger partial charge on any atom is -0.354 e. The molecule has 0 aliphatic heterocycles. The lowest BCUT2D eigenvalue weighted by molar-refractivity contribution is -0.120. The Kier molecular flexibility index (Phi) is 3.10. The minimum absolute atomic E-state index is 0.123. The third-order valence-corrected chi connectivity index (χ3v) is 3.79. The van der Waals surface area contributed by atoms with Crippen molar-refractivity contribution in [3.63, 3.8) is 0 Å². The fourth-order valence-corrected chi connectivity index (χ4v) is 2.34. The molecule has 2 fully saturated rings. The Labute approximate surface area is 108 Å². The van der Waals surface area contributed by atoms with E-state index < -0.39 is 0 Å². The average molecular weight is 247 g/mol. The SMILES string of the molecule is CCC(=O)NCCn1nc(C2CC2)cc1C1CC1. The van der Waals surface area contributed by atoms with Gasteiger partial charge in [0.05, 0.1) is 12.2 Å². The van der Waals surface area contributed by atoms with Gasteiger partial charge < -0.3 is 5.32 Å². The van der Waals surface area contributed by atoms with Crippen molar-refractivity contribution in [2.45, 2.75) is 57.4 Å². The smallest absolute Gasteiger partial charge is 0.219 e. The number of amides is 1. The van der Waals surface area contributed by atoms with Crippen LogP contribution in [0.3, 0.4) is 0 Å². The molecule has 98 valence electrons. The van der Waals surface area contributed by atoms with Gasteiger partial charge in [-0.05, 0) is 31.7 Å². The van der Waals surface area contributed by atoms with E-state index in [-0.39, 0.29) is 5.91 Å². The van der Waals surface area contributed by atoms with Crippen molar-refractivity contribution in [1.82, 2.24) is 15.1 Å². The molecule has 18 heavy (non-hydrogen) atoms. The molecule has 2 saturated carbocycles. The molecule has 0 spiro atoms. The van der Waals surface area contributed by atoms with E-state index in [9.17, 15) is 4.79 Å². The Morgan fingerprint density at radius 3 is 2.72 bits per heavy atom. The normalized spacial score (nSPS) is 18.9. The van der Waals surface area contributed by atoms with Crippen LogP contribution in [0.2, 0.25) is 0 Å². The van der Waals surface area contributed by atoms with Gasteiger partial charge in [0.25, 0.3) is 0 Å². The predicted molar refractivity (Wildman–Crippen MR) is 69.5 cm³/mol. The number of nitrogens with zero attached hydrogens (tertiary/aromatic N) is 2. The van der Waals surface area contributed by atoms with Gasteiger partial charge in [-0.2, -0.15) is 5.10 Å². The molecule has 0 radical (unpaired) electrons. The summed E-state index contributed by atoms with van der Waals surface area (Å²) in [7, 11) is 0. The Morgan fingerprint density at radius 2 is 2.11 bits per heavy atom. The van der Waals surface area contributed by atoms with Crippen LogP contribution >= 0.6 is 0 Å². The maximum atomic E-state index is 11.2. The van der Waals surface area contributed by atoms with Crippen LogP contribution in [0.5, 0.6) is 0 Å². The first-order chi connectivity index (χ1) is 8.78. The van der Waals surface area contributed by atoms with Crippen LogP contribution in [0.1, 0.15) is 62.3 Å². The summed E-state index contributed by atoms with van der Waals surface area (Å²) in [5, 5.41) is 7.64. The number of rotatable bonds is 6. The first kappa shape index (κ1) is 11.8. The maximum Gasteiger partial charge on any atom is 0.219 e. The lowest BCUT2D eigenvalue weighted by atomic mass is 10.2. The van der Waals surface area contributed by atoms with Crippen molar-refractivity contribution in [3.8, 4) is 0 Å². The van der Waals surface area contributed by atoms with Crippen LogP contribution in [-0.2, 0) is 11.3 Å². The van der Waals surface area contributed by atoms with Gasteiger partial charge in [-0.3, -0.25) is 9.48 Å². The highest BCUT2D eigenvalue weighted by atomic mass is 16.1. The molecule has 1 N–H and O–H groups in total. The topological polar surface area (TPSA) is 46.9 Å². The van der Waals surface area contributed by atoms with Crippen molar-refractivity contribution in [2.75, 3.05) is 6.54 Å². The zero-order valence-corrected chi connectivity index (χ0v) is 11.0. The summed E-state index contributed by atoms with van der Waals surface area (Å²) < 4.78 is 2.13. The van der Waals surface area contributed by atoms with E-state index in [1.807, 2.05) is 6.92 Å². The second kappa shape index (κ2) is 4.75. The molecular weight excluding hydrogens is 226 g/mol. The molecule has 0 bridgehead atoms. The molecule has 3 rings (SSSR count). The third kappa shape index (κ3) is 2.57. The third-order valence-electron chi connectivity index (χ3n) is 3.79. The van der Waals surface area contributed by atoms with Crippen LogP contribution in [0, 0.1) is 0 Å². The summed E-state index contributed by atoms with van der Waals surface area (Å²) in [6.07, 6.45) is 5.76. The predicted octanol–water partition coefficient (Wildman–Crippen LogP) is 2.16. The molecule has 0 aromatic carbocycles. The van der Waals surface area contributed by atoms with Crippen LogP contribution in [0.15, 0.2) is 6.07 Å². The van der Waals surface area contributed by atoms with Gasteiger partial charge in [0.15, 0.2) is 0 Å². The van der Waals surface area contributed by atoms with E-state index in [0.29, 0.717) is 18.9 Å². The fraction of sp³-hybridized carbons (Fsp3) is 0.714. The van der Waals surface area contributed by atoms with Gasteiger partial charge in [-0.15, -0.1) is 0 Å². The second-order valence-electron chi connectivity index (χ2n) is 5.47. The van der Waals surface area contributed by atoms with E-state index in [1.54, 1.807) is 0 Å². The molecular formula is C14H21N3O. The average Bonchev–Trinajstić information content (AvgIpc) is 3.28. The first-order valence-corrected chi connectivity index (χ1v) is 7.12. The molecule has 1 aromatic rings. The standard InChI is InChI=1S/C14H21N3O/c1-2-14(18)15-7-8-17-13(11-5-6-11)9-12(16-17)10-3-4-10/h9-11H,2-8H2,1H3,(H,15,18). The Balaban J connectivity index is 1.64. The van der Waals surface area contributed by atoms with Gasteiger partial charge >= 0.3 is 0 Å². The van der Waals surface area contributed by atoms with Gasteiger partial charge in [0, 0.05) is 30.5 Å². The van der Waals surface area contributed by atoms with Gasteiger partial charge in [0.2, 0.25) is 5.91 Å². The molecule has 1 aromatic heterocycles. The highest BCUT2D eigenvalue weighted by Crippen LogP contribution is 2.44. The largest absolute Gasteiger partial charge is 0.354 e. The van der Waals surface area contributed by atoms with Gasteiger partial charge in [-0.25, -0.2) is 0 Å². The molecule has 4 heteroatoms. The Morgan fingerprint density at radius 1 is 1.39 bits per heavy atom. The van der Waals surface area contributed by atoms with Crippen molar-refractivity contribution < 1.29 is 4.79 Å². The van der Waals surface area contributed by atoms with Crippen LogP contribution < -0.4 is 5.32 Å². The highest BCUT2D eigenvalue weighted by Gasteiger charge is 2.32. The summed E-state index contributed by atoms with van der Waals surface area (Å²) in [5.41, 5.74) is 2.67. The molecule has 4 nitrogen and oxygen atoms in total. The lowest BCUT2D eigenvalue weighted by Crippen LogP contribution is -2.27. The number of hydrogen-bond donors (Lipinski definition) is 1. The molecule has 0 atom stereocenters. The number of carbonyl (C=O) groups is 1. The van der Waals surface area contributed by atoms with Crippen LogP contribution in [0.25, 0.3) is 0 Å². The molecule has 1 heterocycles. The zero-order chi connectivity index (χ0) is 12.5. The Bertz CT molecular complexity index is 444. The van der Waals surface area contributed by atoms with Gasteiger partial charge in [-0.1, -0.05) is 6.92 Å². The van der Waals surface area contributed by atoms with Crippen molar-refractivity contribution >= 4 is 5.91 Å². The fourth-order valence-electron chi connectivity index (χ4n) is 2.34. The quantitative estimate of drug-likeness (QED) is 0.837. The summed E-state index contributed by atoms with van der Waals surface area (Å²) in [5.74, 6) is 1.57. The van der Waals surface area contributed by atoms with Gasteiger partial charge in [0.1, 0.15) is 0 Å². The van der Waals surface area contributed by atoms with E-state index in [2.05, 4.69) is 16.1 Å². The molecule has 2 aliphatic carbocycles. The van der Waals surface area contributed by atoms with Crippen molar-refractivity contribution in [1.29, 1.82) is 0 Å². The maximum absolute atomic E-state index is 11.2. The van der Waals surface area contributed by atoms with Crippen molar-refractivity contribution in [3.05, 3.63) is 17.5 Å². The van der Waals surface area contributed by atoms with Crippen LogP contribution in [0.4, 0.5) is 0 Å². The number of hydrogen-bond acceptors (Lipinski definition) is 2. The summed E-state index contributed by atoms with van der Waals surface area (Å²) in [6, 6.07) is 2.30. The molecule has 1 amide bonds. The monoisotopic (exact) mass is 247 g/mol. The second-order valence-corrected chi connectivity index (χ2v) is 5.47. The molecule has 0 unspecified atom stereocenters. The van der Waals surface area contributed by atoms with E-state index in [4.69, 9.17) is 5.10 Å². The van der Waals surface area contributed by atoms with E-state index in [0.717, 1.165) is 12.5 Å². The lowest BCUT2D eigenvalue weighted by Gasteiger charge is -2.07. The highest BCUT2D eigenvalue weighted by molar-refractivity contribution is 5.75. The summed E-state index contributed by atoms with van der Waals surface area (Å²) in [4.78, 5) is 11.2. The molecule has 2 aliphatic rings. The minimum atomic E-state index is 0.123. The number of nitrogens with one attached hydrogen (secondary N) is 1. The van der Waals surface area contributed by atoms with E-state index in [1.165, 1.54) is 37.1 Å².